The van der Waals surface area contributed by atoms with Gasteiger partial charge in [0.2, 0.25) is 0 Å². The lowest BCUT2D eigenvalue weighted by Crippen LogP contribution is -2.24. The predicted octanol–water partition coefficient (Wildman–Crippen LogP) is 2.90. The standard InChI is InChI=1S/C15H18ClN5/c16-12-5-3-11(4-6-12)15(10-1-2-10)17-9-14-18-19-20-21(14)13-7-8-13/h3-6,10,13,15,17H,1-2,7-9H2/t15-/m1/s1. The van der Waals surface area contributed by atoms with Crippen molar-refractivity contribution in [2.45, 2.75) is 44.3 Å². The number of hydrogen-bond acceptors (Lipinski definition) is 4. The van der Waals surface area contributed by atoms with Gasteiger partial charge in [0.25, 0.3) is 0 Å². The molecule has 110 valence electrons. The van der Waals surface area contributed by atoms with E-state index >= 15 is 0 Å². The maximum Gasteiger partial charge on any atom is 0.165 e. The fourth-order valence-electron chi connectivity index (χ4n) is 2.79. The molecule has 2 fully saturated rings. The molecule has 1 aromatic heterocycles. The van der Waals surface area contributed by atoms with Crippen LogP contribution in [0.25, 0.3) is 0 Å². The Morgan fingerprint density at radius 2 is 1.95 bits per heavy atom. The van der Waals surface area contributed by atoms with Crippen LogP contribution in [0.15, 0.2) is 24.3 Å². The molecule has 0 radical (unpaired) electrons. The number of halogens is 1. The SMILES string of the molecule is Clc1ccc([C@H](NCc2nnnn2C2CC2)C2CC2)cc1. The van der Waals surface area contributed by atoms with E-state index in [1.807, 2.05) is 16.8 Å². The summed E-state index contributed by atoms with van der Waals surface area (Å²) >= 11 is 5.98. The van der Waals surface area contributed by atoms with Gasteiger partial charge in [0, 0.05) is 11.1 Å². The second kappa shape index (κ2) is 5.39. The molecule has 0 amide bonds. The van der Waals surface area contributed by atoms with Gasteiger partial charge < -0.3 is 5.32 Å². The van der Waals surface area contributed by atoms with Crippen LogP contribution in [0.5, 0.6) is 0 Å². The third-order valence-electron chi connectivity index (χ3n) is 4.26. The van der Waals surface area contributed by atoms with Gasteiger partial charge in [-0.3, -0.25) is 0 Å². The minimum atomic E-state index is 0.367. The van der Waals surface area contributed by atoms with E-state index in [1.54, 1.807) is 0 Å². The molecular weight excluding hydrogens is 286 g/mol. The van der Waals surface area contributed by atoms with Crippen molar-refractivity contribution in [2.24, 2.45) is 5.92 Å². The molecule has 1 N–H and O–H groups in total. The molecule has 0 unspecified atom stereocenters. The number of rotatable bonds is 6. The second-order valence-corrected chi connectivity index (χ2v) is 6.45. The fraction of sp³-hybridized carbons (Fsp3) is 0.533. The van der Waals surface area contributed by atoms with Gasteiger partial charge in [0.05, 0.1) is 12.6 Å². The van der Waals surface area contributed by atoms with Crippen LogP contribution in [0.4, 0.5) is 0 Å². The largest absolute Gasteiger partial charge is 0.303 e. The lowest BCUT2D eigenvalue weighted by Gasteiger charge is -2.18. The van der Waals surface area contributed by atoms with E-state index in [2.05, 4.69) is 33.0 Å². The van der Waals surface area contributed by atoms with Gasteiger partial charge in [-0.15, -0.1) is 5.10 Å². The Labute approximate surface area is 128 Å². The Kier molecular flexibility index (Phi) is 3.39. The Morgan fingerprint density at radius 3 is 2.62 bits per heavy atom. The predicted molar refractivity (Wildman–Crippen MR) is 79.8 cm³/mol. The molecule has 1 aromatic carbocycles. The Hall–Kier alpha value is -1.46. The third-order valence-corrected chi connectivity index (χ3v) is 4.51. The van der Waals surface area contributed by atoms with Crippen LogP contribution in [0, 0.1) is 5.92 Å². The van der Waals surface area contributed by atoms with Gasteiger partial charge in [-0.1, -0.05) is 23.7 Å². The summed E-state index contributed by atoms with van der Waals surface area (Å²) in [6.45, 7) is 0.716. The topological polar surface area (TPSA) is 55.6 Å². The maximum atomic E-state index is 5.98. The highest BCUT2D eigenvalue weighted by atomic mass is 35.5. The smallest absolute Gasteiger partial charge is 0.165 e. The fourth-order valence-corrected chi connectivity index (χ4v) is 2.91. The van der Waals surface area contributed by atoms with E-state index in [0.29, 0.717) is 18.6 Å². The lowest BCUT2D eigenvalue weighted by atomic mass is 10.0. The van der Waals surface area contributed by atoms with Crippen LogP contribution in [-0.4, -0.2) is 20.2 Å². The molecule has 0 bridgehead atoms. The first-order valence-electron chi connectivity index (χ1n) is 7.57. The van der Waals surface area contributed by atoms with Crippen LogP contribution in [0.1, 0.15) is 49.2 Å². The highest BCUT2D eigenvalue weighted by Gasteiger charge is 2.33. The van der Waals surface area contributed by atoms with Crippen LogP contribution in [0.2, 0.25) is 5.02 Å². The molecule has 0 aliphatic heterocycles. The summed E-state index contributed by atoms with van der Waals surface area (Å²) in [4.78, 5) is 0. The zero-order chi connectivity index (χ0) is 14.2. The number of nitrogens with one attached hydrogen (secondary N) is 1. The summed E-state index contributed by atoms with van der Waals surface area (Å²) in [5, 5.41) is 16.5. The van der Waals surface area contributed by atoms with Crippen molar-refractivity contribution in [1.29, 1.82) is 0 Å². The van der Waals surface area contributed by atoms with Gasteiger partial charge in [0.1, 0.15) is 0 Å². The first-order chi connectivity index (χ1) is 10.3. The first kappa shape index (κ1) is 13.2. The maximum absolute atomic E-state index is 5.98. The van der Waals surface area contributed by atoms with Crippen molar-refractivity contribution in [3.05, 3.63) is 40.7 Å². The molecule has 21 heavy (non-hydrogen) atoms. The van der Waals surface area contributed by atoms with Gasteiger partial charge in [-0.05, 0) is 59.7 Å². The highest BCUT2D eigenvalue weighted by Crippen LogP contribution is 2.41. The Morgan fingerprint density at radius 1 is 1.19 bits per heavy atom. The van der Waals surface area contributed by atoms with E-state index in [-0.39, 0.29) is 0 Å². The number of aromatic nitrogens is 4. The van der Waals surface area contributed by atoms with E-state index in [4.69, 9.17) is 11.6 Å². The van der Waals surface area contributed by atoms with Gasteiger partial charge in [0.15, 0.2) is 5.82 Å². The molecule has 4 rings (SSSR count). The molecule has 1 heterocycles. The lowest BCUT2D eigenvalue weighted by molar-refractivity contribution is 0.457. The molecule has 2 aliphatic carbocycles. The minimum Gasteiger partial charge on any atom is -0.303 e. The van der Waals surface area contributed by atoms with Crippen molar-refractivity contribution in [3.8, 4) is 0 Å². The Balaban J connectivity index is 1.47. The minimum absolute atomic E-state index is 0.367. The molecule has 0 saturated heterocycles. The number of nitrogens with zero attached hydrogens (tertiary/aromatic N) is 4. The molecule has 2 aromatic rings. The molecule has 1 atom stereocenters. The molecule has 5 nitrogen and oxygen atoms in total. The van der Waals surface area contributed by atoms with Gasteiger partial charge in [-0.2, -0.15) is 0 Å². The monoisotopic (exact) mass is 303 g/mol. The van der Waals surface area contributed by atoms with Crippen molar-refractivity contribution >= 4 is 11.6 Å². The van der Waals surface area contributed by atoms with Crippen molar-refractivity contribution < 1.29 is 0 Å². The van der Waals surface area contributed by atoms with E-state index in [0.717, 1.165) is 16.8 Å². The number of tetrazole rings is 1. The van der Waals surface area contributed by atoms with E-state index < -0.39 is 0 Å². The zero-order valence-corrected chi connectivity index (χ0v) is 12.5. The van der Waals surface area contributed by atoms with Crippen molar-refractivity contribution in [1.82, 2.24) is 25.5 Å². The summed E-state index contributed by atoms with van der Waals surface area (Å²) in [5.74, 6) is 1.66. The van der Waals surface area contributed by atoms with Crippen molar-refractivity contribution in [2.75, 3.05) is 0 Å². The van der Waals surface area contributed by atoms with Crippen LogP contribution < -0.4 is 5.32 Å². The van der Waals surface area contributed by atoms with Gasteiger partial charge in [-0.25, -0.2) is 4.68 Å². The molecule has 6 heteroatoms. The first-order valence-corrected chi connectivity index (χ1v) is 7.94. The average Bonchev–Trinajstić information content (AvgIpc) is 3.41. The summed E-state index contributed by atoms with van der Waals surface area (Å²) in [6.07, 6.45) is 4.96. The third kappa shape index (κ3) is 2.94. The summed E-state index contributed by atoms with van der Waals surface area (Å²) in [7, 11) is 0. The van der Waals surface area contributed by atoms with Gasteiger partial charge >= 0.3 is 0 Å². The summed E-state index contributed by atoms with van der Waals surface area (Å²) in [5.41, 5.74) is 1.30. The normalized spacial score (nSPS) is 19.7. The molecular formula is C15H18ClN5. The quantitative estimate of drug-likeness (QED) is 0.891. The number of hydrogen-bond donors (Lipinski definition) is 1. The van der Waals surface area contributed by atoms with E-state index in [1.165, 1.54) is 31.2 Å². The second-order valence-electron chi connectivity index (χ2n) is 6.02. The summed E-state index contributed by atoms with van der Waals surface area (Å²) < 4.78 is 1.97. The molecule has 2 saturated carbocycles. The van der Waals surface area contributed by atoms with Crippen LogP contribution in [-0.2, 0) is 6.54 Å². The van der Waals surface area contributed by atoms with Crippen LogP contribution in [0.3, 0.4) is 0 Å². The zero-order valence-electron chi connectivity index (χ0n) is 11.7. The average molecular weight is 304 g/mol. The number of benzene rings is 1. The molecule has 0 spiro atoms. The van der Waals surface area contributed by atoms with Crippen LogP contribution >= 0.6 is 11.6 Å². The Bertz CT molecular complexity index is 615. The van der Waals surface area contributed by atoms with E-state index in [9.17, 15) is 0 Å². The molecule has 2 aliphatic rings. The summed E-state index contributed by atoms with van der Waals surface area (Å²) in [6, 6.07) is 9.03. The van der Waals surface area contributed by atoms with Crippen molar-refractivity contribution in [3.63, 3.8) is 0 Å². The highest BCUT2D eigenvalue weighted by molar-refractivity contribution is 6.30.